The summed E-state index contributed by atoms with van der Waals surface area (Å²) in [6, 6.07) is 4.83. The first kappa shape index (κ1) is 13.2. The molecule has 1 spiro atoms. The molecule has 0 radical (unpaired) electrons. The molecule has 3 fully saturated rings. The zero-order valence-electron chi connectivity index (χ0n) is 11.4. The molecular formula is C14H15FN2O3S. The van der Waals surface area contributed by atoms with Crippen molar-refractivity contribution in [1.29, 1.82) is 0 Å². The molecule has 1 aromatic rings. The molecule has 7 heteroatoms. The number of ether oxygens (including phenoxy) is 1. The van der Waals surface area contributed by atoms with E-state index in [0.29, 0.717) is 24.5 Å². The average Bonchev–Trinajstić information content (AvgIpc) is 2.79. The molecule has 21 heavy (non-hydrogen) atoms. The molecule has 3 saturated heterocycles. The van der Waals surface area contributed by atoms with Gasteiger partial charge >= 0.3 is 6.09 Å². The molecule has 5 nitrogen and oxygen atoms in total. The smallest absolute Gasteiger partial charge is 0.414 e. The highest BCUT2D eigenvalue weighted by atomic mass is 32.2. The van der Waals surface area contributed by atoms with E-state index < -0.39 is 17.3 Å². The molecule has 3 heterocycles. The number of carbonyl (C=O) groups is 1. The summed E-state index contributed by atoms with van der Waals surface area (Å²) in [6.07, 6.45) is -0.429. The molecule has 0 N–H and O–H groups in total. The SMILES string of the molecule is O=C1OCCN1c1ccc(N2CC3(C2)C[S+]([O-])C3)c(F)c1. The molecule has 112 valence electrons. The topological polar surface area (TPSA) is 55.8 Å². The fourth-order valence-electron chi connectivity index (χ4n) is 3.31. The predicted molar refractivity (Wildman–Crippen MR) is 77.6 cm³/mol. The van der Waals surface area contributed by atoms with Gasteiger partial charge in [0.25, 0.3) is 0 Å². The fraction of sp³-hybridized carbons (Fsp3) is 0.500. The lowest BCUT2D eigenvalue weighted by Gasteiger charge is -2.55. The standard InChI is InChI=1S/C14H15FN2O3S/c15-11-5-10(17-3-4-20-13(17)18)1-2-12(11)16-6-14(7-16)8-21(19)9-14/h1-2,5H,3-4,6-9H2. The highest BCUT2D eigenvalue weighted by Crippen LogP contribution is 2.44. The summed E-state index contributed by atoms with van der Waals surface area (Å²) < 4.78 is 30.3. The van der Waals surface area contributed by atoms with Gasteiger partial charge in [-0.2, -0.15) is 0 Å². The van der Waals surface area contributed by atoms with Gasteiger partial charge in [0.1, 0.15) is 23.9 Å². The normalized spacial score (nSPS) is 24.0. The second kappa shape index (κ2) is 4.51. The van der Waals surface area contributed by atoms with Crippen molar-refractivity contribution in [3.8, 4) is 0 Å². The van der Waals surface area contributed by atoms with Crippen LogP contribution in [0.25, 0.3) is 0 Å². The zero-order valence-corrected chi connectivity index (χ0v) is 12.2. The maximum atomic E-state index is 14.3. The van der Waals surface area contributed by atoms with Gasteiger partial charge < -0.3 is 14.2 Å². The molecule has 3 aliphatic rings. The van der Waals surface area contributed by atoms with Gasteiger partial charge in [-0.1, -0.05) is 11.2 Å². The Kier molecular flexibility index (Phi) is 2.84. The first-order valence-electron chi connectivity index (χ1n) is 6.90. The third-order valence-corrected chi connectivity index (χ3v) is 6.20. The van der Waals surface area contributed by atoms with E-state index in [-0.39, 0.29) is 11.2 Å². The van der Waals surface area contributed by atoms with E-state index in [4.69, 9.17) is 4.74 Å². The number of anilines is 2. The second-order valence-corrected chi connectivity index (χ2v) is 7.44. The largest absolute Gasteiger partial charge is 0.616 e. The summed E-state index contributed by atoms with van der Waals surface area (Å²) in [5.74, 6) is 1.15. The molecule has 0 unspecified atom stereocenters. The number of benzene rings is 1. The summed E-state index contributed by atoms with van der Waals surface area (Å²) in [7, 11) is 0. The number of hydrogen-bond acceptors (Lipinski definition) is 4. The minimum absolute atomic E-state index is 0.148. The quantitative estimate of drug-likeness (QED) is 0.774. The number of nitrogens with zero attached hydrogens (tertiary/aromatic N) is 2. The predicted octanol–water partition coefficient (Wildman–Crippen LogP) is 1.35. The molecule has 0 aliphatic carbocycles. The van der Waals surface area contributed by atoms with Gasteiger partial charge in [-0.05, 0) is 18.2 Å². The lowest BCUT2D eigenvalue weighted by Crippen LogP contribution is -2.68. The third-order valence-electron chi connectivity index (χ3n) is 4.33. The lowest BCUT2D eigenvalue weighted by molar-refractivity contribution is 0.181. The molecule has 1 aromatic carbocycles. The van der Waals surface area contributed by atoms with Gasteiger partial charge in [0.05, 0.1) is 23.3 Å². The average molecular weight is 310 g/mol. The second-order valence-electron chi connectivity index (χ2n) is 5.99. The Morgan fingerprint density at radius 2 is 2.10 bits per heavy atom. The van der Waals surface area contributed by atoms with Crippen molar-refractivity contribution >= 4 is 28.6 Å². The van der Waals surface area contributed by atoms with Crippen LogP contribution in [0.1, 0.15) is 0 Å². The zero-order chi connectivity index (χ0) is 14.6. The number of halogens is 1. The highest BCUT2D eigenvalue weighted by molar-refractivity contribution is 7.92. The Hall–Kier alpha value is -1.47. The van der Waals surface area contributed by atoms with Crippen LogP contribution in [0.3, 0.4) is 0 Å². The molecule has 1 amide bonds. The van der Waals surface area contributed by atoms with Crippen LogP contribution in [0.2, 0.25) is 0 Å². The Balaban J connectivity index is 1.49. The van der Waals surface area contributed by atoms with Crippen molar-refractivity contribution in [2.24, 2.45) is 5.41 Å². The van der Waals surface area contributed by atoms with E-state index in [2.05, 4.69) is 0 Å². The molecule has 0 bridgehead atoms. The summed E-state index contributed by atoms with van der Waals surface area (Å²) in [5, 5.41) is 0. The van der Waals surface area contributed by atoms with Gasteiger partial charge in [-0.15, -0.1) is 0 Å². The van der Waals surface area contributed by atoms with Crippen LogP contribution in [-0.4, -0.2) is 48.4 Å². The first-order chi connectivity index (χ1) is 10.1. The molecule has 4 rings (SSSR count). The van der Waals surface area contributed by atoms with E-state index >= 15 is 0 Å². The summed E-state index contributed by atoms with van der Waals surface area (Å²) >= 11 is -0.675. The minimum Gasteiger partial charge on any atom is -0.616 e. The maximum Gasteiger partial charge on any atom is 0.414 e. The van der Waals surface area contributed by atoms with Crippen LogP contribution in [0.15, 0.2) is 18.2 Å². The lowest BCUT2D eigenvalue weighted by atomic mass is 9.82. The molecule has 0 aromatic heterocycles. The Bertz CT molecular complexity index is 598. The van der Waals surface area contributed by atoms with Gasteiger partial charge in [-0.25, -0.2) is 9.18 Å². The van der Waals surface area contributed by atoms with Crippen LogP contribution in [0.5, 0.6) is 0 Å². The van der Waals surface area contributed by atoms with Crippen LogP contribution >= 0.6 is 0 Å². The van der Waals surface area contributed by atoms with Gasteiger partial charge in [0, 0.05) is 13.1 Å². The van der Waals surface area contributed by atoms with Crippen LogP contribution < -0.4 is 9.80 Å². The molecule has 0 saturated carbocycles. The monoisotopic (exact) mass is 310 g/mol. The maximum absolute atomic E-state index is 14.3. The van der Waals surface area contributed by atoms with Crippen molar-refractivity contribution in [1.82, 2.24) is 0 Å². The highest BCUT2D eigenvalue weighted by Gasteiger charge is 2.57. The van der Waals surface area contributed by atoms with Crippen molar-refractivity contribution in [2.45, 2.75) is 0 Å². The summed E-state index contributed by atoms with van der Waals surface area (Å²) in [6.45, 7) is 2.33. The molecule has 0 atom stereocenters. The van der Waals surface area contributed by atoms with Gasteiger partial charge in [-0.3, -0.25) is 4.90 Å². The number of rotatable bonds is 2. The van der Waals surface area contributed by atoms with Crippen LogP contribution in [-0.2, 0) is 15.9 Å². The number of cyclic esters (lactones) is 1. The molecular weight excluding hydrogens is 295 g/mol. The van der Waals surface area contributed by atoms with Gasteiger partial charge in [0.2, 0.25) is 0 Å². The van der Waals surface area contributed by atoms with Crippen LogP contribution in [0, 0.1) is 11.2 Å². The van der Waals surface area contributed by atoms with E-state index in [1.807, 2.05) is 4.90 Å². The molecule has 3 aliphatic heterocycles. The minimum atomic E-state index is -0.675. The number of hydrogen-bond donors (Lipinski definition) is 0. The Labute approximate surface area is 124 Å². The Morgan fingerprint density at radius 1 is 1.33 bits per heavy atom. The van der Waals surface area contributed by atoms with E-state index in [0.717, 1.165) is 24.6 Å². The summed E-state index contributed by atoms with van der Waals surface area (Å²) in [5.41, 5.74) is 1.22. The van der Waals surface area contributed by atoms with Gasteiger partial charge in [0.15, 0.2) is 0 Å². The van der Waals surface area contributed by atoms with Crippen molar-refractivity contribution in [3.05, 3.63) is 24.0 Å². The van der Waals surface area contributed by atoms with Crippen molar-refractivity contribution in [3.63, 3.8) is 0 Å². The Morgan fingerprint density at radius 3 is 2.67 bits per heavy atom. The summed E-state index contributed by atoms with van der Waals surface area (Å²) in [4.78, 5) is 14.9. The number of carbonyl (C=O) groups excluding carboxylic acids is 1. The van der Waals surface area contributed by atoms with Crippen molar-refractivity contribution in [2.75, 3.05) is 47.5 Å². The van der Waals surface area contributed by atoms with E-state index in [1.54, 1.807) is 12.1 Å². The van der Waals surface area contributed by atoms with Crippen molar-refractivity contribution < 1.29 is 18.5 Å². The van der Waals surface area contributed by atoms with Crippen LogP contribution in [0.4, 0.5) is 20.6 Å². The van der Waals surface area contributed by atoms with E-state index in [1.165, 1.54) is 11.0 Å². The third kappa shape index (κ3) is 2.06. The fourth-order valence-corrected chi connectivity index (χ4v) is 4.95. The first-order valence-corrected chi connectivity index (χ1v) is 8.39. The van der Waals surface area contributed by atoms with E-state index in [9.17, 15) is 13.7 Å². The number of amides is 1.